The van der Waals surface area contributed by atoms with Gasteiger partial charge in [0.15, 0.2) is 0 Å². The van der Waals surface area contributed by atoms with Crippen molar-refractivity contribution in [3.8, 4) is 0 Å². The predicted molar refractivity (Wildman–Crippen MR) is 280 cm³/mol. The molecule has 2 aliphatic heterocycles. The largest absolute Gasteiger partial charge is 0.379 e. The van der Waals surface area contributed by atoms with E-state index in [-0.39, 0.29) is 124 Å². The first kappa shape index (κ1) is 61.4. The predicted octanol–water partition coefficient (Wildman–Crippen LogP) is 4.45. The number of carbonyl (C=O) groups is 7. The molecule has 4 rings (SSSR count). The van der Waals surface area contributed by atoms with Gasteiger partial charge >= 0.3 is 0 Å². The second kappa shape index (κ2) is 31.1. The van der Waals surface area contributed by atoms with Gasteiger partial charge in [-0.3, -0.25) is 38.5 Å². The van der Waals surface area contributed by atoms with Gasteiger partial charge in [-0.1, -0.05) is 85.2 Å². The van der Waals surface area contributed by atoms with Crippen molar-refractivity contribution < 1.29 is 57.2 Å². The fourth-order valence-corrected chi connectivity index (χ4v) is 10.5. The molecule has 1 saturated heterocycles. The number of ether oxygens (including phenoxy) is 5. The van der Waals surface area contributed by atoms with E-state index in [9.17, 15) is 33.6 Å². The summed E-state index contributed by atoms with van der Waals surface area (Å²) in [5.74, 6) is -3.54. The first-order valence-corrected chi connectivity index (χ1v) is 26.9. The number of amides is 7. The number of nitrogens with zero attached hydrogens (tertiary/aromatic N) is 5. The maximum atomic E-state index is 14.7. The van der Waals surface area contributed by atoms with E-state index < -0.39 is 42.2 Å². The average molecular weight is 1050 g/mol. The average Bonchev–Trinajstić information content (AvgIpc) is 4.17. The first-order chi connectivity index (χ1) is 35.4. The van der Waals surface area contributed by atoms with E-state index in [2.05, 4.69) is 15.6 Å². The monoisotopic (exact) mass is 1050 g/mol. The molecule has 20 heteroatoms. The standard InChI is InChI=1S/C54H83N7O12S/c1-12-37(6)49(42(69-10)34-46(65)60-24-16-19-41(60)50(70-11)38(7)51(66)56-40(53-55-23-32-74-53)33-39-17-14-13-15-18-39)59(9)54(68)47(35(2)3)57-52(67)48(36(4)5)58(8)43(62)22-26-71-28-30-73-31-29-72-27-25-61-44(63)20-21-45(61)64/h13-15,17-18,20-21,23,32,35-38,40-42,47-50H,12,16,19,22,24-31,33-34H2,1-11H3,(H,56,66)(H,57,67)/t37-,38+,40-,41-,42+,47-,48-,49-,50+/m0/s1. The molecule has 412 valence electrons. The molecule has 19 nitrogen and oxygen atoms in total. The molecule has 9 atom stereocenters. The lowest BCUT2D eigenvalue weighted by atomic mass is 9.89. The number of rotatable bonds is 33. The molecule has 1 aromatic heterocycles. The molecule has 1 aromatic carbocycles. The van der Waals surface area contributed by atoms with Crippen molar-refractivity contribution in [3.63, 3.8) is 0 Å². The molecule has 0 radical (unpaired) electrons. The molecule has 3 heterocycles. The molecule has 0 bridgehead atoms. The third kappa shape index (κ3) is 17.5. The Bertz CT molecular complexity index is 2110. The third-order valence-corrected chi connectivity index (χ3v) is 15.0. The molecule has 1 fully saturated rings. The number of hydrogen-bond acceptors (Lipinski definition) is 14. The van der Waals surface area contributed by atoms with Crippen LogP contribution in [-0.2, 0) is 63.7 Å². The quantitative estimate of drug-likeness (QED) is 0.0748. The number of nitrogens with one attached hydrogen (secondary N) is 2. The second-order valence-corrected chi connectivity index (χ2v) is 20.8. The zero-order valence-corrected chi connectivity index (χ0v) is 46.3. The summed E-state index contributed by atoms with van der Waals surface area (Å²) in [4.78, 5) is 104. The van der Waals surface area contributed by atoms with Crippen molar-refractivity contribution >= 4 is 52.7 Å². The van der Waals surface area contributed by atoms with Crippen LogP contribution in [0.5, 0.6) is 0 Å². The Morgan fingerprint density at radius 2 is 1.45 bits per heavy atom. The number of aromatic nitrogens is 1. The van der Waals surface area contributed by atoms with Crippen LogP contribution in [0.15, 0.2) is 54.1 Å². The third-order valence-electron chi connectivity index (χ3n) is 14.1. The van der Waals surface area contributed by atoms with E-state index in [1.54, 1.807) is 37.2 Å². The summed E-state index contributed by atoms with van der Waals surface area (Å²) >= 11 is 1.48. The van der Waals surface area contributed by atoms with Gasteiger partial charge in [0.1, 0.15) is 17.1 Å². The minimum Gasteiger partial charge on any atom is -0.379 e. The van der Waals surface area contributed by atoms with Crippen LogP contribution in [-0.4, -0.2) is 183 Å². The Hall–Kier alpha value is -5.12. The van der Waals surface area contributed by atoms with E-state index in [0.717, 1.165) is 21.9 Å². The summed E-state index contributed by atoms with van der Waals surface area (Å²) in [6.45, 7) is 15.2. The van der Waals surface area contributed by atoms with E-state index >= 15 is 0 Å². The number of benzene rings is 1. The summed E-state index contributed by atoms with van der Waals surface area (Å²) in [6, 6.07) is 6.83. The van der Waals surface area contributed by atoms with Crippen molar-refractivity contribution in [2.24, 2.45) is 23.7 Å². The zero-order valence-electron chi connectivity index (χ0n) is 45.5. The molecule has 0 saturated carbocycles. The molecule has 2 aromatic rings. The van der Waals surface area contributed by atoms with Crippen LogP contribution in [0.1, 0.15) is 97.2 Å². The molecular weight excluding hydrogens is 971 g/mol. The lowest BCUT2D eigenvalue weighted by molar-refractivity contribution is -0.148. The van der Waals surface area contributed by atoms with E-state index in [1.165, 1.54) is 35.5 Å². The van der Waals surface area contributed by atoms with Gasteiger partial charge in [0.2, 0.25) is 29.5 Å². The van der Waals surface area contributed by atoms with E-state index in [4.69, 9.17) is 23.7 Å². The minimum atomic E-state index is -0.956. The number of imide groups is 1. The van der Waals surface area contributed by atoms with Gasteiger partial charge in [-0.05, 0) is 42.6 Å². The van der Waals surface area contributed by atoms with Crippen molar-refractivity contribution in [1.82, 2.24) is 35.2 Å². The molecule has 0 aliphatic carbocycles. The Morgan fingerprint density at radius 3 is 2.01 bits per heavy atom. The molecule has 0 spiro atoms. The summed E-state index contributed by atoms with van der Waals surface area (Å²) in [5.41, 5.74) is 1.07. The highest BCUT2D eigenvalue weighted by Gasteiger charge is 2.44. The highest BCUT2D eigenvalue weighted by molar-refractivity contribution is 7.09. The number of carbonyl (C=O) groups excluding carboxylic acids is 7. The minimum absolute atomic E-state index is 0.0179. The van der Waals surface area contributed by atoms with Gasteiger partial charge < -0.3 is 49.0 Å². The van der Waals surface area contributed by atoms with Crippen LogP contribution < -0.4 is 10.6 Å². The van der Waals surface area contributed by atoms with E-state index in [1.807, 2.05) is 84.2 Å². The van der Waals surface area contributed by atoms with Crippen LogP contribution in [0.3, 0.4) is 0 Å². The molecule has 7 amide bonds. The number of likely N-dealkylation sites (N-methyl/N-ethyl adjacent to an activating group) is 2. The maximum absolute atomic E-state index is 14.7. The molecular formula is C54H83N7O12S. The summed E-state index contributed by atoms with van der Waals surface area (Å²) in [6.07, 6.45) is 5.50. The van der Waals surface area contributed by atoms with Crippen LogP contribution in [0, 0.1) is 23.7 Å². The van der Waals surface area contributed by atoms with Crippen LogP contribution in [0.2, 0.25) is 0 Å². The zero-order chi connectivity index (χ0) is 54.5. The summed E-state index contributed by atoms with van der Waals surface area (Å²) in [7, 11) is 6.37. The number of methoxy groups -OCH3 is 2. The maximum Gasteiger partial charge on any atom is 0.253 e. The Labute approximate surface area is 442 Å². The van der Waals surface area contributed by atoms with Crippen LogP contribution in [0.4, 0.5) is 0 Å². The normalized spacial score (nSPS) is 18.0. The van der Waals surface area contributed by atoms with Crippen LogP contribution >= 0.6 is 11.3 Å². The lowest BCUT2D eigenvalue weighted by Crippen LogP contribution is -2.60. The van der Waals surface area contributed by atoms with Gasteiger partial charge in [-0.25, -0.2) is 4.98 Å². The molecule has 0 unspecified atom stereocenters. The van der Waals surface area contributed by atoms with Gasteiger partial charge in [0.05, 0.1) is 95.3 Å². The molecule has 2 N–H and O–H groups in total. The molecule has 2 aliphatic rings. The number of likely N-dealkylation sites (tertiary alicyclic amines) is 1. The van der Waals surface area contributed by atoms with Crippen molar-refractivity contribution in [2.45, 2.75) is 129 Å². The van der Waals surface area contributed by atoms with Gasteiger partial charge in [-0.15, -0.1) is 11.3 Å². The fourth-order valence-electron chi connectivity index (χ4n) is 9.80. The van der Waals surface area contributed by atoms with E-state index in [0.29, 0.717) is 25.8 Å². The summed E-state index contributed by atoms with van der Waals surface area (Å²) < 4.78 is 28.7. The SMILES string of the molecule is CC[C@H](C)[C@@H]([C@@H](CC(=O)N1CCC[C@H]1[C@H](OC)[C@@H](C)C(=O)N[C@@H](Cc1ccccc1)c1nccs1)OC)N(C)C(=O)[C@@H](NC(=O)[C@H](C(C)C)N(C)C(=O)CCOCCOCCOCCN1C(=O)C=CC1=O)C(C)C. The Balaban J connectivity index is 1.33. The smallest absolute Gasteiger partial charge is 0.253 e. The topological polar surface area (TPSA) is 216 Å². The number of thiazole rings is 1. The van der Waals surface area contributed by atoms with Crippen molar-refractivity contribution in [3.05, 3.63) is 64.6 Å². The Kier molecular flexibility index (Phi) is 25.8. The highest BCUT2D eigenvalue weighted by atomic mass is 32.1. The van der Waals surface area contributed by atoms with Gasteiger partial charge in [-0.2, -0.15) is 0 Å². The van der Waals surface area contributed by atoms with Crippen molar-refractivity contribution in [2.75, 3.05) is 81.0 Å². The fraction of sp³-hybridized carbons (Fsp3) is 0.667. The van der Waals surface area contributed by atoms with Crippen molar-refractivity contribution in [1.29, 1.82) is 0 Å². The Morgan fingerprint density at radius 1 is 0.811 bits per heavy atom. The van der Waals surface area contributed by atoms with Gasteiger partial charge in [0.25, 0.3) is 11.8 Å². The summed E-state index contributed by atoms with van der Waals surface area (Å²) in [5, 5.41) is 8.91. The first-order valence-electron chi connectivity index (χ1n) is 26.0. The van der Waals surface area contributed by atoms with Crippen LogP contribution in [0.25, 0.3) is 0 Å². The number of hydrogen-bond donors (Lipinski definition) is 2. The van der Waals surface area contributed by atoms with Gasteiger partial charge in [0, 0.05) is 58.6 Å². The second-order valence-electron chi connectivity index (χ2n) is 19.9. The highest BCUT2D eigenvalue weighted by Crippen LogP contribution is 2.31. The lowest BCUT2D eigenvalue weighted by Gasteiger charge is -2.41. The molecule has 74 heavy (non-hydrogen) atoms.